The minimum atomic E-state index is -0.900. The molecule has 2 N–H and O–H groups in total. The molecule has 0 aliphatic rings. The van der Waals surface area contributed by atoms with E-state index in [2.05, 4.69) is 4.98 Å². The number of para-hydroxylation sites is 1. The standard InChI is InChI=1S/C9H7NO2.C2H6/c11-9(12)7-3-1-2-6-4-5-10-8(6)7;1-2/h1-5,10H,(H,11,12);1-2H3. The van der Waals surface area contributed by atoms with Gasteiger partial charge in [0.05, 0.1) is 11.1 Å². The number of carboxylic acid groups (broad SMARTS) is 1. The third kappa shape index (κ3) is 1.76. The maximum Gasteiger partial charge on any atom is 0.337 e. The second-order valence-corrected chi connectivity index (χ2v) is 2.55. The Bertz CT molecular complexity index is 432. The minimum Gasteiger partial charge on any atom is -0.478 e. The highest BCUT2D eigenvalue weighted by Crippen LogP contribution is 2.16. The Morgan fingerprint density at radius 2 is 2.00 bits per heavy atom. The van der Waals surface area contributed by atoms with Gasteiger partial charge in [0.25, 0.3) is 0 Å². The van der Waals surface area contributed by atoms with Crippen LogP contribution in [0.3, 0.4) is 0 Å². The first-order valence-electron chi connectivity index (χ1n) is 4.58. The molecule has 1 aromatic carbocycles. The molecule has 0 bridgehead atoms. The summed E-state index contributed by atoms with van der Waals surface area (Å²) in [6.45, 7) is 4.00. The number of hydrogen-bond donors (Lipinski definition) is 2. The molecule has 0 fully saturated rings. The second-order valence-electron chi connectivity index (χ2n) is 2.55. The van der Waals surface area contributed by atoms with E-state index in [1.807, 2.05) is 26.0 Å². The van der Waals surface area contributed by atoms with Crippen LogP contribution in [0.1, 0.15) is 24.2 Å². The molecule has 0 saturated carbocycles. The number of hydrogen-bond acceptors (Lipinski definition) is 1. The normalized spacial score (nSPS) is 9.29. The van der Waals surface area contributed by atoms with Gasteiger partial charge in [0, 0.05) is 11.6 Å². The van der Waals surface area contributed by atoms with Gasteiger partial charge in [0.2, 0.25) is 0 Å². The summed E-state index contributed by atoms with van der Waals surface area (Å²) < 4.78 is 0. The highest BCUT2D eigenvalue weighted by atomic mass is 16.4. The average molecular weight is 191 g/mol. The zero-order valence-electron chi connectivity index (χ0n) is 8.24. The van der Waals surface area contributed by atoms with Crippen LogP contribution in [0.5, 0.6) is 0 Å². The van der Waals surface area contributed by atoms with Gasteiger partial charge in [-0.15, -0.1) is 0 Å². The van der Waals surface area contributed by atoms with Crippen LogP contribution in [-0.2, 0) is 0 Å². The third-order valence-electron chi connectivity index (χ3n) is 1.82. The van der Waals surface area contributed by atoms with Gasteiger partial charge in [-0.25, -0.2) is 4.79 Å². The molecule has 1 aromatic heterocycles. The molecule has 14 heavy (non-hydrogen) atoms. The highest BCUT2D eigenvalue weighted by Gasteiger charge is 2.07. The van der Waals surface area contributed by atoms with Crippen molar-refractivity contribution < 1.29 is 9.90 Å². The Morgan fingerprint density at radius 1 is 1.29 bits per heavy atom. The number of aromatic carboxylic acids is 1. The Labute approximate surface area is 82.4 Å². The summed E-state index contributed by atoms with van der Waals surface area (Å²) in [7, 11) is 0. The van der Waals surface area contributed by atoms with Crippen molar-refractivity contribution in [2.24, 2.45) is 0 Å². The molecule has 3 nitrogen and oxygen atoms in total. The molecule has 0 aliphatic carbocycles. The Kier molecular flexibility index (Phi) is 3.29. The van der Waals surface area contributed by atoms with Crippen molar-refractivity contribution in [3.8, 4) is 0 Å². The van der Waals surface area contributed by atoms with Crippen LogP contribution < -0.4 is 0 Å². The van der Waals surface area contributed by atoms with Crippen molar-refractivity contribution in [3.63, 3.8) is 0 Å². The molecule has 0 spiro atoms. The molecular formula is C11H13NO2. The van der Waals surface area contributed by atoms with Crippen molar-refractivity contribution >= 4 is 16.9 Å². The lowest BCUT2D eigenvalue weighted by atomic mass is 10.1. The van der Waals surface area contributed by atoms with E-state index in [0.717, 1.165) is 5.39 Å². The van der Waals surface area contributed by atoms with Gasteiger partial charge in [0.15, 0.2) is 0 Å². The van der Waals surface area contributed by atoms with E-state index in [9.17, 15) is 4.79 Å². The Morgan fingerprint density at radius 3 is 2.64 bits per heavy atom. The topological polar surface area (TPSA) is 53.1 Å². The molecule has 0 aliphatic heterocycles. The van der Waals surface area contributed by atoms with Crippen LogP contribution in [0.4, 0.5) is 0 Å². The molecule has 1 heterocycles. The molecule has 0 atom stereocenters. The fraction of sp³-hybridized carbons (Fsp3) is 0.182. The van der Waals surface area contributed by atoms with Crippen LogP contribution in [0.2, 0.25) is 0 Å². The van der Waals surface area contributed by atoms with E-state index in [4.69, 9.17) is 5.11 Å². The van der Waals surface area contributed by atoms with Crippen LogP contribution in [0.25, 0.3) is 10.9 Å². The van der Waals surface area contributed by atoms with Crippen LogP contribution >= 0.6 is 0 Å². The number of nitrogens with one attached hydrogen (secondary N) is 1. The zero-order valence-corrected chi connectivity index (χ0v) is 8.24. The predicted octanol–water partition coefficient (Wildman–Crippen LogP) is 2.89. The van der Waals surface area contributed by atoms with E-state index in [-0.39, 0.29) is 0 Å². The van der Waals surface area contributed by atoms with Gasteiger partial charge in [0.1, 0.15) is 0 Å². The molecule has 3 heteroatoms. The lowest BCUT2D eigenvalue weighted by Gasteiger charge is -1.95. The number of aromatic nitrogens is 1. The quantitative estimate of drug-likeness (QED) is 0.728. The average Bonchev–Trinajstić information content (AvgIpc) is 2.67. The first-order valence-corrected chi connectivity index (χ1v) is 4.58. The van der Waals surface area contributed by atoms with E-state index >= 15 is 0 Å². The number of carboxylic acids is 1. The van der Waals surface area contributed by atoms with Crippen molar-refractivity contribution in [1.82, 2.24) is 4.98 Å². The van der Waals surface area contributed by atoms with Gasteiger partial charge in [-0.1, -0.05) is 26.0 Å². The van der Waals surface area contributed by atoms with Crippen molar-refractivity contribution in [3.05, 3.63) is 36.0 Å². The van der Waals surface area contributed by atoms with Gasteiger partial charge in [-0.2, -0.15) is 0 Å². The van der Waals surface area contributed by atoms with Gasteiger partial charge < -0.3 is 10.1 Å². The number of H-pyrrole nitrogens is 1. The third-order valence-corrected chi connectivity index (χ3v) is 1.82. The first kappa shape index (κ1) is 10.3. The summed E-state index contributed by atoms with van der Waals surface area (Å²) in [6, 6.07) is 7.04. The molecule has 0 unspecified atom stereocenters. The van der Waals surface area contributed by atoms with Gasteiger partial charge in [-0.05, 0) is 12.1 Å². The number of benzene rings is 1. The summed E-state index contributed by atoms with van der Waals surface area (Å²) in [5.74, 6) is -0.900. The molecule has 0 amide bonds. The highest BCUT2D eigenvalue weighted by molar-refractivity contribution is 6.01. The number of carbonyl (C=O) groups is 1. The summed E-state index contributed by atoms with van der Waals surface area (Å²) in [5, 5.41) is 9.71. The maximum atomic E-state index is 10.7. The fourth-order valence-electron chi connectivity index (χ4n) is 1.26. The molecular weight excluding hydrogens is 178 g/mol. The Balaban J connectivity index is 0.000000461. The Hall–Kier alpha value is -1.77. The van der Waals surface area contributed by atoms with Crippen molar-refractivity contribution in [2.75, 3.05) is 0 Å². The molecule has 74 valence electrons. The second kappa shape index (κ2) is 4.46. The summed E-state index contributed by atoms with van der Waals surface area (Å²) in [5.41, 5.74) is 1.00. The predicted molar refractivity (Wildman–Crippen MR) is 56.6 cm³/mol. The van der Waals surface area contributed by atoms with Crippen LogP contribution in [-0.4, -0.2) is 16.1 Å². The van der Waals surface area contributed by atoms with E-state index in [1.165, 1.54) is 0 Å². The summed E-state index contributed by atoms with van der Waals surface area (Å²) >= 11 is 0. The van der Waals surface area contributed by atoms with E-state index < -0.39 is 5.97 Å². The zero-order chi connectivity index (χ0) is 10.6. The first-order chi connectivity index (χ1) is 6.79. The molecule has 0 saturated heterocycles. The number of fused-ring (bicyclic) bond motifs is 1. The SMILES string of the molecule is CC.O=C(O)c1cccc2cc[nH]c12. The smallest absolute Gasteiger partial charge is 0.337 e. The molecule has 0 radical (unpaired) electrons. The van der Waals surface area contributed by atoms with E-state index in [0.29, 0.717) is 11.1 Å². The van der Waals surface area contributed by atoms with Crippen LogP contribution in [0, 0.1) is 0 Å². The molecule has 2 rings (SSSR count). The largest absolute Gasteiger partial charge is 0.478 e. The molecule has 2 aromatic rings. The number of rotatable bonds is 1. The van der Waals surface area contributed by atoms with Crippen LogP contribution in [0.15, 0.2) is 30.5 Å². The van der Waals surface area contributed by atoms with Gasteiger partial charge >= 0.3 is 5.97 Å². The lowest BCUT2D eigenvalue weighted by Crippen LogP contribution is -1.96. The summed E-state index contributed by atoms with van der Waals surface area (Å²) in [4.78, 5) is 13.6. The van der Waals surface area contributed by atoms with Crippen molar-refractivity contribution in [2.45, 2.75) is 13.8 Å². The van der Waals surface area contributed by atoms with E-state index in [1.54, 1.807) is 18.3 Å². The number of aromatic amines is 1. The van der Waals surface area contributed by atoms with Crippen molar-refractivity contribution in [1.29, 1.82) is 0 Å². The summed E-state index contributed by atoms with van der Waals surface area (Å²) in [6.07, 6.45) is 1.73. The lowest BCUT2D eigenvalue weighted by molar-refractivity contribution is 0.0699. The minimum absolute atomic E-state index is 0.317. The maximum absolute atomic E-state index is 10.7. The monoisotopic (exact) mass is 191 g/mol. The van der Waals surface area contributed by atoms with Gasteiger partial charge in [-0.3, -0.25) is 0 Å². The fourth-order valence-corrected chi connectivity index (χ4v) is 1.26.